The summed E-state index contributed by atoms with van der Waals surface area (Å²) < 4.78 is 13.1. The van der Waals surface area contributed by atoms with Gasteiger partial charge in [-0.3, -0.25) is 5.10 Å². The van der Waals surface area contributed by atoms with Crippen molar-refractivity contribution in [1.82, 2.24) is 10.2 Å². The second kappa shape index (κ2) is 4.31. The van der Waals surface area contributed by atoms with E-state index in [-0.39, 0.29) is 5.02 Å². The Hall–Kier alpha value is -1.55. The lowest BCUT2D eigenvalue weighted by atomic mass is 10.3. The third kappa shape index (κ3) is 2.47. The fourth-order valence-corrected chi connectivity index (χ4v) is 1.30. The smallest absolute Gasteiger partial charge is 0.143 e. The second-order valence-corrected chi connectivity index (χ2v) is 3.47. The molecule has 2 aromatic rings. The zero-order valence-electron chi connectivity index (χ0n) is 7.80. The predicted molar refractivity (Wildman–Crippen MR) is 57.3 cm³/mol. The molecule has 2 rings (SSSR count). The van der Waals surface area contributed by atoms with Crippen molar-refractivity contribution >= 4 is 17.3 Å². The largest absolute Gasteiger partial charge is 0.379 e. The molecular formula is C10H9ClFN3. The molecule has 78 valence electrons. The van der Waals surface area contributed by atoms with Gasteiger partial charge < -0.3 is 5.32 Å². The quantitative estimate of drug-likeness (QED) is 0.843. The van der Waals surface area contributed by atoms with Gasteiger partial charge in [0.1, 0.15) is 5.82 Å². The Bertz CT molecular complexity index is 442. The van der Waals surface area contributed by atoms with Crippen molar-refractivity contribution in [3.8, 4) is 0 Å². The lowest BCUT2D eigenvalue weighted by Crippen LogP contribution is -2.00. The van der Waals surface area contributed by atoms with Crippen molar-refractivity contribution in [2.75, 3.05) is 5.32 Å². The van der Waals surface area contributed by atoms with E-state index < -0.39 is 5.82 Å². The Kier molecular flexibility index (Phi) is 2.87. The maximum Gasteiger partial charge on any atom is 0.143 e. The monoisotopic (exact) mass is 225 g/mol. The SMILES string of the molecule is Fc1cc(NCc2ccn[nH]2)ccc1Cl. The van der Waals surface area contributed by atoms with E-state index in [9.17, 15) is 4.39 Å². The summed E-state index contributed by atoms with van der Waals surface area (Å²) in [5.41, 5.74) is 1.62. The van der Waals surface area contributed by atoms with Crippen molar-refractivity contribution in [2.45, 2.75) is 6.54 Å². The highest BCUT2D eigenvalue weighted by molar-refractivity contribution is 6.30. The summed E-state index contributed by atoms with van der Waals surface area (Å²) in [6, 6.07) is 6.45. The average Bonchev–Trinajstić information content (AvgIpc) is 2.73. The Morgan fingerprint density at radius 1 is 1.40 bits per heavy atom. The molecule has 0 fully saturated rings. The van der Waals surface area contributed by atoms with E-state index in [1.807, 2.05) is 6.07 Å². The van der Waals surface area contributed by atoms with Crippen molar-refractivity contribution in [1.29, 1.82) is 0 Å². The van der Waals surface area contributed by atoms with E-state index in [1.165, 1.54) is 12.1 Å². The van der Waals surface area contributed by atoms with Gasteiger partial charge in [-0.05, 0) is 24.3 Å². The van der Waals surface area contributed by atoms with E-state index in [4.69, 9.17) is 11.6 Å². The predicted octanol–water partition coefficient (Wildman–Crippen LogP) is 2.81. The molecule has 0 aliphatic rings. The standard InChI is InChI=1S/C10H9ClFN3/c11-9-2-1-7(5-10(9)12)13-6-8-3-4-14-15-8/h1-5,13H,6H2,(H,14,15). The van der Waals surface area contributed by atoms with Gasteiger partial charge in [0, 0.05) is 11.9 Å². The number of nitrogens with one attached hydrogen (secondary N) is 2. The molecule has 0 bridgehead atoms. The number of hydrogen-bond acceptors (Lipinski definition) is 2. The summed E-state index contributed by atoms with van der Waals surface area (Å²) in [6.07, 6.45) is 1.67. The Morgan fingerprint density at radius 3 is 2.93 bits per heavy atom. The minimum absolute atomic E-state index is 0.127. The molecule has 3 nitrogen and oxygen atoms in total. The van der Waals surface area contributed by atoms with Crippen LogP contribution in [-0.4, -0.2) is 10.2 Å². The van der Waals surface area contributed by atoms with Gasteiger partial charge in [0.25, 0.3) is 0 Å². The molecule has 0 saturated heterocycles. The summed E-state index contributed by atoms with van der Waals surface area (Å²) in [7, 11) is 0. The van der Waals surface area contributed by atoms with Crippen LogP contribution in [-0.2, 0) is 6.54 Å². The highest BCUT2D eigenvalue weighted by Crippen LogP contribution is 2.18. The first kappa shape index (κ1) is 9.98. The number of anilines is 1. The number of nitrogens with zero attached hydrogens (tertiary/aromatic N) is 1. The van der Waals surface area contributed by atoms with Crippen molar-refractivity contribution in [3.63, 3.8) is 0 Å². The van der Waals surface area contributed by atoms with Crippen molar-refractivity contribution in [3.05, 3.63) is 47.0 Å². The Labute approximate surface area is 91.3 Å². The molecule has 1 aromatic carbocycles. The van der Waals surface area contributed by atoms with Gasteiger partial charge in [-0.15, -0.1) is 0 Å². The average molecular weight is 226 g/mol. The molecule has 5 heteroatoms. The van der Waals surface area contributed by atoms with Gasteiger partial charge in [-0.25, -0.2) is 4.39 Å². The molecule has 15 heavy (non-hydrogen) atoms. The molecule has 0 atom stereocenters. The Morgan fingerprint density at radius 2 is 2.27 bits per heavy atom. The third-order valence-electron chi connectivity index (χ3n) is 1.96. The van der Waals surface area contributed by atoms with Gasteiger partial charge >= 0.3 is 0 Å². The zero-order valence-corrected chi connectivity index (χ0v) is 8.55. The second-order valence-electron chi connectivity index (χ2n) is 3.06. The molecule has 0 saturated carbocycles. The molecule has 0 aliphatic carbocycles. The number of H-pyrrole nitrogens is 1. The van der Waals surface area contributed by atoms with Crippen molar-refractivity contribution in [2.24, 2.45) is 0 Å². The van der Waals surface area contributed by atoms with E-state index >= 15 is 0 Å². The molecule has 1 heterocycles. The third-order valence-corrected chi connectivity index (χ3v) is 2.27. The van der Waals surface area contributed by atoms with E-state index in [0.29, 0.717) is 12.2 Å². The summed E-state index contributed by atoms with van der Waals surface area (Å²) in [4.78, 5) is 0. The number of aromatic nitrogens is 2. The summed E-state index contributed by atoms with van der Waals surface area (Å²) in [5, 5.41) is 9.78. The number of halogens is 2. The first-order valence-electron chi connectivity index (χ1n) is 4.43. The molecule has 0 unspecified atom stereocenters. The van der Waals surface area contributed by atoms with E-state index in [1.54, 1.807) is 12.3 Å². The van der Waals surface area contributed by atoms with E-state index in [2.05, 4.69) is 15.5 Å². The van der Waals surface area contributed by atoms with Crippen LogP contribution in [0.3, 0.4) is 0 Å². The number of hydrogen-bond donors (Lipinski definition) is 2. The van der Waals surface area contributed by atoms with Crippen molar-refractivity contribution < 1.29 is 4.39 Å². The van der Waals surface area contributed by atoms with Gasteiger partial charge in [0.2, 0.25) is 0 Å². The van der Waals surface area contributed by atoms with Crippen LogP contribution in [0.4, 0.5) is 10.1 Å². The van der Waals surface area contributed by atoms with Crippen LogP contribution in [0.1, 0.15) is 5.69 Å². The van der Waals surface area contributed by atoms with E-state index in [0.717, 1.165) is 5.69 Å². The maximum atomic E-state index is 13.1. The van der Waals surface area contributed by atoms with Crippen LogP contribution in [0.15, 0.2) is 30.5 Å². The van der Waals surface area contributed by atoms with Crippen LogP contribution in [0.2, 0.25) is 5.02 Å². The van der Waals surface area contributed by atoms with Crippen LogP contribution < -0.4 is 5.32 Å². The molecular weight excluding hydrogens is 217 g/mol. The Balaban J connectivity index is 2.02. The lowest BCUT2D eigenvalue weighted by molar-refractivity contribution is 0.628. The minimum atomic E-state index is -0.425. The van der Waals surface area contributed by atoms with Crippen LogP contribution in [0, 0.1) is 5.82 Å². The number of benzene rings is 1. The van der Waals surface area contributed by atoms with Crippen LogP contribution >= 0.6 is 11.6 Å². The zero-order chi connectivity index (χ0) is 10.7. The maximum absolute atomic E-state index is 13.1. The van der Waals surface area contributed by atoms with Crippen LogP contribution in [0.5, 0.6) is 0 Å². The normalized spacial score (nSPS) is 10.3. The highest BCUT2D eigenvalue weighted by atomic mass is 35.5. The highest BCUT2D eigenvalue weighted by Gasteiger charge is 2.00. The number of aromatic amines is 1. The molecule has 2 N–H and O–H groups in total. The molecule has 0 aliphatic heterocycles. The molecule has 1 aromatic heterocycles. The lowest BCUT2D eigenvalue weighted by Gasteiger charge is -2.05. The molecule has 0 radical (unpaired) electrons. The van der Waals surface area contributed by atoms with Gasteiger partial charge in [-0.1, -0.05) is 11.6 Å². The number of rotatable bonds is 3. The van der Waals surface area contributed by atoms with Crippen LogP contribution in [0.25, 0.3) is 0 Å². The first-order chi connectivity index (χ1) is 7.25. The van der Waals surface area contributed by atoms with Gasteiger partial charge in [0.05, 0.1) is 17.3 Å². The summed E-state index contributed by atoms with van der Waals surface area (Å²) in [6.45, 7) is 0.571. The fraction of sp³-hybridized carbons (Fsp3) is 0.100. The minimum Gasteiger partial charge on any atom is -0.379 e. The topological polar surface area (TPSA) is 40.7 Å². The molecule has 0 amide bonds. The molecule has 0 spiro atoms. The van der Waals surface area contributed by atoms with Gasteiger partial charge in [0.15, 0.2) is 0 Å². The van der Waals surface area contributed by atoms with Gasteiger partial charge in [-0.2, -0.15) is 5.10 Å². The first-order valence-corrected chi connectivity index (χ1v) is 4.80. The summed E-state index contributed by atoms with van der Waals surface area (Å²) >= 11 is 5.56. The fourth-order valence-electron chi connectivity index (χ4n) is 1.19. The summed E-state index contributed by atoms with van der Waals surface area (Å²) in [5.74, 6) is -0.425.